The van der Waals surface area contributed by atoms with Gasteiger partial charge in [-0.3, -0.25) is 14.0 Å². The molecule has 3 aromatic heterocycles. The first-order chi connectivity index (χ1) is 16.6. The number of anilines is 2. The minimum Gasteiger partial charge on any atom is -0.476 e. The van der Waals surface area contributed by atoms with Gasteiger partial charge in [0, 0.05) is 38.0 Å². The van der Waals surface area contributed by atoms with Crippen LogP contribution in [0, 0.1) is 6.92 Å². The maximum absolute atomic E-state index is 13.4. The molecule has 0 saturated carbocycles. The van der Waals surface area contributed by atoms with Crippen molar-refractivity contribution in [3.63, 3.8) is 0 Å². The molecule has 4 heterocycles. The van der Waals surface area contributed by atoms with Crippen LogP contribution in [0.2, 0.25) is 5.15 Å². The SMILES string of the molecule is Cc1cc([C@@H](C)Nc2ccc(Cl)nc2C(=O)O)c2nc(N3Cc4cn(C)nc4C3)n(C)c(=O)c2c1. The van der Waals surface area contributed by atoms with Crippen LogP contribution in [0.3, 0.4) is 0 Å². The van der Waals surface area contributed by atoms with E-state index in [9.17, 15) is 14.7 Å². The molecule has 1 atom stereocenters. The number of fused-ring (bicyclic) bond motifs is 2. The molecule has 11 heteroatoms. The van der Waals surface area contributed by atoms with Gasteiger partial charge < -0.3 is 15.3 Å². The minimum absolute atomic E-state index is 0.0951. The van der Waals surface area contributed by atoms with Gasteiger partial charge in [0.1, 0.15) is 5.15 Å². The molecule has 4 aromatic rings. The molecule has 0 aliphatic carbocycles. The Bertz CT molecular complexity index is 1540. The number of carbonyl (C=O) groups is 1. The molecule has 2 N–H and O–H groups in total. The lowest BCUT2D eigenvalue weighted by Gasteiger charge is -2.23. The third-order valence-corrected chi connectivity index (χ3v) is 6.42. The smallest absolute Gasteiger partial charge is 0.356 e. The van der Waals surface area contributed by atoms with Gasteiger partial charge in [-0.15, -0.1) is 0 Å². The Morgan fingerprint density at radius 3 is 2.69 bits per heavy atom. The topological polar surface area (TPSA) is 118 Å². The van der Waals surface area contributed by atoms with E-state index >= 15 is 0 Å². The van der Waals surface area contributed by atoms with Crippen molar-refractivity contribution in [2.24, 2.45) is 14.1 Å². The Hall–Kier alpha value is -3.92. The van der Waals surface area contributed by atoms with Crippen molar-refractivity contribution in [3.05, 3.63) is 74.0 Å². The number of carboxylic acid groups (broad SMARTS) is 1. The first-order valence-electron chi connectivity index (χ1n) is 11.1. The lowest BCUT2D eigenvalue weighted by molar-refractivity contribution is 0.0691. The molecule has 180 valence electrons. The molecule has 1 aromatic carbocycles. The van der Waals surface area contributed by atoms with Crippen LogP contribution in [-0.4, -0.2) is 35.4 Å². The third kappa shape index (κ3) is 3.99. The standard InChI is InChI=1S/C24H24ClN7O3/c1-12-7-15(13(2)26-17-5-6-19(25)27-21(17)23(34)35)20-16(8-12)22(33)31(4)24(28-20)32-10-14-9-30(3)29-18(14)11-32/h5-9,13,26H,10-11H2,1-4H3,(H,34,35)/t13-/m1/s1. The number of nitrogens with zero attached hydrogens (tertiary/aromatic N) is 6. The Labute approximate surface area is 205 Å². The summed E-state index contributed by atoms with van der Waals surface area (Å²) in [7, 11) is 3.62. The molecule has 0 amide bonds. The number of aromatic carboxylic acids is 1. The monoisotopic (exact) mass is 493 g/mol. The summed E-state index contributed by atoms with van der Waals surface area (Å²) in [6.07, 6.45) is 1.98. The van der Waals surface area contributed by atoms with E-state index in [1.54, 1.807) is 22.4 Å². The molecule has 0 radical (unpaired) electrons. The summed E-state index contributed by atoms with van der Waals surface area (Å²) in [4.78, 5) is 36.0. The summed E-state index contributed by atoms with van der Waals surface area (Å²) in [6, 6.07) is 6.53. The molecule has 1 aliphatic heterocycles. The summed E-state index contributed by atoms with van der Waals surface area (Å²) in [5.41, 5.74) is 4.34. The largest absolute Gasteiger partial charge is 0.476 e. The molecule has 0 unspecified atom stereocenters. The highest BCUT2D eigenvalue weighted by Gasteiger charge is 2.27. The van der Waals surface area contributed by atoms with Gasteiger partial charge in [0.2, 0.25) is 5.95 Å². The van der Waals surface area contributed by atoms with Crippen LogP contribution in [-0.2, 0) is 27.2 Å². The normalized spacial score (nSPS) is 13.8. The van der Waals surface area contributed by atoms with Crippen molar-refractivity contribution in [2.75, 3.05) is 10.2 Å². The molecule has 0 saturated heterocycles. The van der Waals surface area contributed by atoms with E-state index in [0.29, 0.717) is 35.6 Å². The van der Waals surface area contributed by atoms with E-state index < -0.39 is 5.97 Å². The van der Waals surface area contributed by atoms with Crippen molar-refractivity contribution in [1.29, 1.82) is 0 Å². The van der Waals surface area contributed by atoms with E-state index in [2.05, 4.69) is 15.4 Å². The summed E-state index contributed by atoms with van der Waals surface area (Å²) in [5, 5.41) is 17.9. The van der Waals surface area contributed by atoms with Crippen LogP contribution in [0.4, 0.5) is 11.6 Å². The van der Waals surface area contributed by atoms with Gasteiger partial charge in [0.05, 0.1) is 34.9 Å². The molecule has 1 aliphatic rings. The van der Waals surface area contributed by atoms with Gasteiger partial charge in [-0.05, 0) is 37.6 Å². The van der Waals surface area contributed by atoms with Crippen LogP contribution < -0.4 is 15.8 Å². The zero-order valence-electron chi connectivity index (χ0n) is 19.7. The van der Waals surface area contributed by atoms with Crippen LogP contribution in [0.25, 0.3) is 10.9 Å². The van der Waals surface area contributed by atoms with Crippen LogP contribution in [0.1, 0.15) is 45.8 Å². The Morgan fingerprint density at radius 2 is 1.97 bits per heavy atom. The average molecular weight is 494 g/mol. The number of pyridine rings is 1. The van der Waals surface area contributed by atoms with Crippen molar-refractivity contribution >= 4 is 40.1 Å². The summed E-state index contributed by atoms with van der Waals surface area (Å²) < 4.78 is 3.36. The van der Waals surface area contributed by atoms with Crippen molar-refractivity contribution in [3.8, 4) is 0 Å². The van der Waals surface area contributed by atoms with Crippen molar-refractivity contribution in [2.45, 2.75) is 33.0 Å². The fourth-order valence-corrected chi connectivity index (χ4v) is 4.76. The van der Waals surface area contributed by atoms with Crippen LogP contribution in [0.5, 0.6) is 0 Å². The molecule has 0 bridgehead atoms. The van der Waals surface area contributed by atoms with E-state index in [1.807, 2.05) is 44.1 Å². The fourth-order valence-electron chi connectivity index (χ4n) is 4.61. The molecule has 0 fully saturated rings. The van der Waals surface area contributed by atoms with Crippen molar-refractivity contribution < 1.29 is 9.90 Å². The average Bonchev–Trinajstić information content (AvgIpc) is 3.34. The lowest BCUT2D eigenvalue weighted by Crippen LogP contribution is -2.29. The third-order valence-electron chi connectivity index (χ3n) is 6.21. The molecule has 35 heavy (non-hydrogen) atoms. The zero-order valence-corrected chi connectivity index (χ0v) is 20.5. The van der Waals surface area contributed by atoms with E-state index in [1.165, 1.54) is 6.07 Å². The molecular weight excluding hydrogens is 470 g/mol. The van der Waals surface area contributed by atoms with Crippen LogP contribution >= 0.6 is 11.6 Å². The second-order valence-electron chi connectivity index (χ2n) is 8.86. The summed E-state index contributed by atoms with van der Waals surface area (Å²) in [6.45, 7) is 4.99. The first kappa shape index (κ1) is 22.9. The molecule has 5 rings (SSSR count). The van der Waals surface area contributed by atoms with Crippen molar-refractivity contribution in [1.82, 2.24) is 24.3 Å². The Balaban J connectivity index is 1.59. The molecule has 10 nitrogen and oxygen atoms in total. The van der Waals surface area contributed by atoms with Gasteiger partial charge in [0.15, 0.2) is 5.69 Å². The predicted molar refractivity (Wildman–Crippen MR) is 133 cm³/mol. The summed E-state index contributed by atoms with van der Waals surface area (Å²) >= 11 is 5.90. The number of hydrogen-bond acceptors (Lipinski definition) is 7. The van der Waals surface area contributed by atoms with Crippen LogP contribution in [0.15, 0.2) is 35.3 Å². The quantitative estimate of drug-likeness (QED) is 0.406. The number of hydrogen-bond donors (Lipinski definition) is 2. The van der Waals surface area contributed by atoms with Gasteiger partial charge in [-0.25, -0.2) is 14.8 Å². The number of nitrogens with one attached hydrogen (secondary N) is 1. The van der Waals surface area contributed by atoms with E-state index in [0.717, 1.165) is 22.4 Å². The Morgan fingerprint density at radius 1 is 1.20 bits per heavy atom. The number of carboxylic acids is 1. The van der Waals surface area contributed by atoms with Gasteiger partial charge in [0.25, 0.3) is 5.56 Å². The highest BCUT2D eigenvalue weighted by molar-refractivity contribution is 6.29. The first-order valence-corrected chi connectivity index (χ1v) is 11.4. The number of rotatable bonds is 5. The van der Waals surface area contributed by atoms with E-state index in [-0.39, 0.29) is 22.4 Å². The van der Waals surface area contributed by atoms with Gasteiger partial charge in [-0.1, -0.05) is 17.7 Å². The summed E-state index contributed by atoms with van der Waals surface area (Å²) in [5.74, 6) is -0.632. The molecular formula is C24H24ClN7O3. The number of aromatic nitrogens is 5. The molecule has 0 spiro atoms. The highest BCUT2D eigenvalue weighted by Crippen LogP contribution is 2.31. The number of aryl methyl sites for hydroxylation is 2. The highest BCUT2D eigenvalue weighted by atomic mass is 35.5. The number of benzene rings is 1. The van der Waals surface area contributed by atoms with E-state index in [4.69, 9.17) is 16.6 Å². The van der Waals surface area contributed by atoms with Gasteiger partial charge in [-0.2, -0.15) is 5.10 Å². The number of halogens is 1. The predicted octanol–water partition coefficient (Wildman–Crippen LogP) is 3.42. The zero-order chi connectivity index (χ0) is 25.0. The van der Waals surface area contributed by atoms with Gasteiger partial charge >= 0.3 is 5.97 Å². The minimum atomic E-state index is -1.19. The second-order valence-corrected chi connectivity index (χ2v) is 9.25. The maximum Gasteiger partial charge on any atom is 0.356 e. The fraction of sp³-hybridized carbons (Fsp3) is 0.292. The lowest BCUT2D eigenvalue weighted by atomic mass is 10.0. The Kier molecular flexibility index (Phi) is 5.47. The second kappa shape index (κ2) is 8.38. The maximum atomic E-state index is 13.4.